The topological polar surface area (TPSA) is 186 Å². The number of carbonyl (C=O) groups is 4. The minimum Gasteiger partial charge on any atom is -0.453 e. The zero-order valence-electron chi connectivity index (χ0n) is 34.3. The van der Waals surface area contributed by atoms with Gasteiger partial charge < -0.3 is 40.2 Å². The fourth-order valence-corrected chi connectivity index (χ4v) is 11.4. The highest BCUT2D eigenvalue weighted by atomic mass is 28.3. The van der Waals surface area contributed by atoms with E-state index in [1.165, 1.54) is 7.11 Å². The molecule has 2 saturated heterocycles. The lowest BCUT2D eigenvalue weighted by Crippen LogP contribution is -2.52. The number of H-pyrrole nitrogens is 2. The predicted molar refractivity (Wildman–Crippen MR) is 225 cm³/mol. The van der Waals surface area contributed by atoms with Crippen molar-refractivity contribution in [3.63, 3.8) is 0 Å². The van der Waals surface area contributed by atoms with Gasteiger partial charge in [-0.15, -0.1) is 0 Å². The number of nitrogens with zero attached hydrogens (tertiary/aromatic N) is 4. The highest BCUT2D eigenvalue weighted by molar-refractivity contribution is 6.78. The molecule has 4 amide bonds. The molecule has 4 atom stereocenters. The molecule has 7 rings (SSSR count). The Kier molecular flexibility index (Phi) is 11.5. The van der Waals surface area contributed by atoms with Crippen molar-refractivity contribution in [2.75, 3.05) is 26.4 Å². The number of aromatic amines is 2. The van der Waals surface area contributed by atoms with Crippen molar-refractivity contribution < 1.29 is 29.0 Å². The van der Waals surface area contributed by atoms with Crippen molar-refractivity contribution in [2.45, 2.75) is 83.8 Å². The number of ether oxygens (including phenoxy) is 1. The fourth-order valence-electron chi connectivity index (χ4n) is 8.50. The molecule has 306 valence electrons. The molecule has 0 saturated carbocycles. The van der Waals surface area contributed by atoms with Crippen LogP contribution in [0.3, 0.4) is 0 Å². The monoisotopic (exact) mass is 806 g/mol. The van der Waals surface area contributed by atoms with E-state index in [0.717, 1.165) is 74.7 Å². The maximum absolute atomic E-state index is 13.9. The van der Waals surface area contributed by atoms with Crippen LogP contribution in [0.5, 0.6) is 0 Å². The number of imidazole rings is 2. The number of likely N-dealkylation sites (tertiary alicyclic amines) is 1. The predicted octanol–water partition coefficient (Wildman–Crippen LogP) is 6.08. The van der Waals surface area contributed by atoms with E-state index in [4.69, 9.17) is 14.7 Å². The van der Waals surface area contributed by atoms with Crippen molar-refractivity contribution >= 4 is 53.7 Å². The first kappa shape index (κ1) is 40.6. The summed E-state index contributed by atoms with van der Waals surface area (Å²) in [4.78, 5) is 72.1. The molecule has 0 radical (unpaired) electrons. The molecule has 3 unspecified atom stereocenters. The molecule has 2 aromatic heterocycles. The van der Waals surface area contributed by atoms with Crippen molar-refractivity contribution in [3.8, 4) is 22.4 Å². The summed E-state index contributed by atoms with van der Waals surface area (Å²) in [7, 11) is -0.455. The Labute approximate surface area is 339 Å². The number of methoxy groups -OCH3 is 1. The second-order valence-corrected chi connectivity index (χ2v) is 22.2. The Morgan fingerprint density at radius 1 is 0.862 bits per heavy atom. The van der Waals surface area contributed by atoms with Gasteiger partial charge in [0.1, 0.15) is 30.3 Å². The van der Waals surface area contributed by atoms with E-state index in [1.807, 2.05) is 44.9 Å². The van der Waals surface area contributed by atoms with Crippen molar-refractivity contribution in [2.24, 2.45) is 11.8 Å². The van der Waals surface area contributed by atoms with Crippen LogP contribution >= 0.6 is 0 Å². The average molecular weight is 807 g/mol. The van der Waals surface area contributed by atoms with Crippen molar-refractivity contribution in [1.29, 1.82) is 0 Å². The minimum absolute atomic E-state index is 0.114. The molecular weight excluding hydrogens is 753 g/mol. The molecule has 0 spiro atoms. The number of rotatable bonds is 11. The lowest BCUT2D eigenvalue weighted by Gasteiger charge is -2.30. The fraction of sp³-hybridized carbons (Fsp3) is 0.442. The lowest BCUT2D eigenvalue weighted by molar-refractivity contribution is -0.139. The zero-order valence-corrected chi connectivity index (χ0v) is 35.3. The van der Waals surface area contributed by atoms with E-state index < -0.39 is 38.8 Å². The van der Waals surface area contributed by atoms with Gasteiger partial charge in [0.15, 0.2) is 0 Å². The van der Waals surface area contributed by atoms with Crippen molar-refractivity contribution in [1.82, 2.24) is 40.4 Å². The summed E-state index contributed by atoms with van der Waals surface area (Å²) < 4.78 is 4.81. The summed E-state index contributed by atoms with van der Waals surface area (Å²) in [5.74, 6) is 0.350. The van der Waals surface area contributed by atoms with Crippen LogP contribution in [0, 0.1) is 11.8 Å². The third kappa shape index (κ3) is 8.10. The van der Waals surface area contributed by atoms with Crippen molar-refractivity contribution in [3.05, 3.63) is 72.4 Å². The molecule has 14 nitrogen and oxygen atoms in total. The molecule has 3 aromatic carbocycles. The van der Waals surface area contributed by atoms with E-state index in [2.05, 4.69) is 82.2 Å². The highest BCUT2D eigenvalue weighted by Crippen LogP contribution is 2.39. The number of nitrogens with one attached hydrogen (secondary N) is 4. The number of carbonyl (C=O) groups excluding carboxylic acids is 4. The molecule has 4 heterocycles. The SMILES string of the molecule is COC(=O)NC(C(=O)N1C[Si](C)(C)CC1c1ncc(-c2ccc(-c3ccc4c(ccc5[nH]c([C@@H]6CCCN6C(=O)C(NC(=O)CO)C(C)C)nc54)c3)cc2)[nH]1)C(C)C. The summed E-state index contributed by atoms with van der Waals surface area (Å²) in [5, 5.41) is 16.7. The van der Waals surface area contributed by atoms with Crippen LogP contribution in [0.25, 0.3) is 44.2 Å². The van der Waals surface area contributed by atoms with Crippen LogP contribution in [0.15, 0.2) is 60.8 Å². The van der Waals surface area contributed by atoms with Crippen LogP contribution in [0.4, 0.5) is 4.79 Å². The van der Waals surface area contributed by atoms with Gasteiger partial charge >= 0.3 is 6.09 Å². The van der Waals surface area contributed by atoms with E-state index >= 15 is 0 Å². The average Bonchev–Trinajstić information content (AvgIpc) is 4.03. The number of benzene rings is 3. The van der Waals surface area contributed by atoms with Gasteiger partial charge in [-0.05, 0) is 64.9 Å². The van der Waals surface area contributed by atoms with Gasteiger partial charge in [-0.3, -0.25) is 14.4 Å². The number of alkyl carbamates (subject to hydrolysis) is 1. The number of aromatic nitrogens is 4. The molecule has 5 N–H and O–H groups in total. The Hall–Kier alpha value is -5.54. The van der Waals surface area contributed by atoms with Gasteiger partial charge in [0.25, 0.3) is 0 Å². The van der Waals surface area contributed by atoms with Crippen LogP contribution in [-0.4, -0.2) is 105 Å². The van der Waals surface area contributed by atoms with Gasteiger partial charge in [0, 0.05) is 18.1 Å². The molecule has 58 heavy (non-hydrogen) atoms. The summed E-state index contributed by atoms with van der Waals surface area (Å²) in [5.41, 5.74) is 5.68. The number of aliphatic hydroxyl groups excluding tert-OH is 1. The molecule has 5 aromatic rings. The molecule has 15 heteroatoms. The number of hydrogen-bond donors (Lipinski definition) is 5. The number of amides is 4. The van der Waals surface area contributed by atoms with E-state index in [1.54, 1.807) is 4.90 Å². The smallest absolute Gasteiger partial charge is 0.407 e. The minimum atomic E-state index is -1.75. The third-order valence-electron chi connectivity index (χ3n) is 11.6. The number of fused-ring (bicyclic) bond motifs is 3. The first-order valence-corrected chi connectivity index (χ1v) is 23.5. The lowest BCUT2D eigenvalue weighted by atomic mass is 9.99. The van der Waals surface area contributed by atoms with Gasteiger partial charge in [-0.1, -0.05) is 83.3 Å². The first-order chi connectivity index (χ1) is 27.7. The normalized spacial score (nSPS) is 18.9. The van der Waals surface area contributed by atoms with E-state index in [-0.39, 0.29) is 35.7 Å². The molecule has 2 aliphatic rings. The second kappa shape index (κ2) is 16.4. The third-order valence-corrected chi connectivity index (χ3v) is 14.3. The molecule has 0 bridgehead atoms. The van der Waals surface area contributed by atoms with Crippen LogP contribution < -0.4 is 10.6 Å². The van der Waals surface area contributed by atoms with E-state index in [9.17, 15) is 24.3 Å². The van der Waals surface area contributed by atoms with Crippen LogP contribution in [-0.2, 0) is 19.1 Å². The van der Waals surface area contributed by atoms with Gasteiger partial charge in [0.2, 0.25) is 17.7 Å². The van der Waals surface area contributed by atoms with Crippen LogP contribution in [0.2, 0.25) is 19.1 Å². The summed E-state index contributed by atoms with van der Waals surface area (Å²) in [6, 6.07) is 17.8. The van der Waals surface area contributed by atoms with Crippen LogP contribution in [0.1, 0.15) is 64.3 Å². The Balaban J connectivity index is 1.09. The number of aliphatic hydroxyl groups is 1. The zero-order chi connectivity index (χ0) is 41.5. The molecule has 2 aliphatic heterocycles. The molecular formula is C43H54N8O6Si. The summed E-state index contributed by atoms with van der Waals surface area (Å²) in [6.07, 6.45) is 3.47. The highest BCUT2D eigenvalue weighted by Gasteiger charge is 2.46. The Morgan fingerprint density at radius 3 is 2.22 bits per heavy atom. The maximum Gasteiger partial charge on any atom is 0.407 e. The maximum atomic E-state index is 13.9. The standard InChI is InChI=1S/C43H54N8O6Si/c1-24(2)36(47-35(53)21-52)41(54)50-18-8-9-33(50)40-45-31-17-15-29-19-28(14-16-30(29)38(31)48-40)26-10-12-27(13-11-26)32-20-44-39(46-32)34-22-58(6,7)23-51(34)42(55)37(25(3)4)49-43(56)57-5/h10-17,19-20,24-25,33-34,36-37,52H,8-9,18,21-23H2,1-7H3,(H,44,46)(H,45,48)(H,47,53)(H,49,56)/t33-,34?,36?,37?/m0/s1. The first-order valence-electron chi connectivity index (χ1n) is 20.1. The largest absolute Gasteiger partial charge is 0.453 e. The second-order valence-electron chi connectivity index (χ2n) is 17.1. The Bertz CT molecular complexity index is 2340. The summed E-state index contributed by atoms with van der Waals surface area (Å²) >= 11 is 0. The Morgan fingerprint density at radius 2 is 1.53 bits per heavy atom. The van der Waals surface area contributed by atoms with E-state index in [0.29, 0.717) is 12.7 Å². The summed E-state index contributed by atoms with van der Waals surface area (Å²) in [6.45, 7) is 12.0. The van der Waals surface area contributed by atoms with Gasteiger partial charge in [0.05, 0.1) is 50.2 Å². The molecule has 2 fully saturated rings. The molecule has 0 aliphatic carbocycles. The van der Waals surface area contributed by atoms with Gasteiger partial charge in [-0.25, -0.2) is 14.8 Å². The van der Waals surface area contributed by atoms with Gasteiger partial charge in [-0.2, -0.15) is 0 Å². The quantitative estimate of drug-likeness (QED) is 0.0995. The number of hydrogen-bond acceptors (Lipinski definition) is 8.